The molecule has 0 fully saturated rings. The Morgan fingerprint density at radius 3 is 2.68 bits per heavy atom. The molecule has 0 spiro atoms. The van der Waals surface area contributed by atoms with E-state index in [0.29, 0.717) is 37.7 Å². The summed E-state index contributed by atoms with van der Waals surface area (Å²) in [4.78, 5) is 11.5. The summed E-state index contributed by atoms with van der Waals surface area (Å²) in [5, 5.41) is 0. The molecule has 0 aliphatic rings. The van der Waals surface area contributed by atoms with Crippen molar-refractivity contribution in [3.8, 4) is 5.75 Å². The molecule has 0 aliphatic carbocycles. The van der Waals surface area contributed by atoms with Crippen molar-refractivity contribution in [2.45, 2.75) is 13.3 Å². The molecule has 19 heavy (non-hydrogen) atoms. The molecule has 4 nitrogen and oxygen atoms in total. The summed E-state index contributed by atoms with van der Waals surface area (Å²) in [6.45, 7) is 3.86. The Bertz CT molecular complexity index is 406. The van der Waals surface area contributed by atoms with Gasteiger partial charge in [-0.2, -0.15) is 0 Å². The third kappa shape index (κ3) is 6.18. The zero-order chi connectivity index (χ0) is 14.1. The number of benzene rings is 1. The van der Waals surface area contributed by atoms with E-state index in [1.807, 2.05) is 6.07 Å². The highest BCUT2D eigenvalue weighted by atomic mass is 79.9. The molecule has 0 atom stereocenters. The number of Topliss-reactive ketones (excluding diaryl/α,β-unsaturated/α-hetero) is 1. The lowest BCUT2D eigenvalue weighted by Gasteiger charge is -2.10. The summed E-state index contributed by atoms with van der Waals surface area (Å²) in [5.74, 6) is 0.611. The van der Waals surface area contributed by atoms with E-state index >= 15 is 0 Å². The molecule has 0 saturated carbocycles. The van der Waals surface area contributed by atoms with Gasteiger partial charge in [0.05, 0.1) is 25.4 Å². The number of rotatable bonds is 9. The van der Waals surface area contributed by atoms with Crippen molar-refractivity contribution in [3.63, 3.8) is 0 Å². The second-order valence-corrected chi connectivity index (χ2v) is 4.92. The molecule has 0 aromatic heterocycles. The van der Waals surface area contributed by atoms with Gasteiger partial charge in [0.15, 0.2) is 5.78 Å². The Hall–Kier alpha value is -0.910. The largest absolute Gasteiger partial charge is 0.493 e. The molecule has 1 aromatic carbocycles. The average Bonchev–Trinajstić information content (AvgIpc) is 2.39. The number of ether oxygens (including phenoxy) is 3. The van der Waals surface area contributed by atoms with Gasteiger partial charge in [-0.1, -0.05) is 15.9 Å². The van der Waals surface area contributed by atoms with E-state index in [2.05, 4.69) is 15.9 Å². The van der Waals surface area contributed by atoms with Crippen molar-refractivity contribution in [1.82, 2.24) is 0 Å². The third-order valence-electron chi connectivity index (χ3n) is 2.44. The number of halogens is 1. The number of methoxy groups -OCH3 is 1. The smallest absolute Gasteiger partial charge is 0.163 e. The topological polar surface area (TPSA) is 44.8 Å². The van der Waals surface area contributed by atoms with Crippen molar-refractivity contribution >= 4 is 21.7 Å². The predicted molar refractivity (Wildman–Crippen MR) is 77.0 cm³/mol. The fourth-order valence-corrected chi connectivity index (χ4v) is 1.85. The maximum atomic E-state index is 11.5. The van der Waals surface area contributed by atoms with Gasteiger partial charge in [0.2, 0.25) is 0 Å². The van der Waals surface area contributed by atoms with Gasteiger partial charge in [-0.3, -0.25) is 4.79 Å². The lowest BCUT2D eigenvalue weighted by atomic mass is 10.1. The molecule has 0 saturated heterocycles. The Morgan fingerprint density at radius 1 is 1.21 bits per heavy atom. The van der Waals surface area contributed by atoms with Crippen LogP contribution in [0.1, 0.15) is 23.7 Å². The van der Waals surface area contributed by atoms with E-state index in [0.717, 1.165) is 10.9 Å². The van der Waals surface area contributed by atoms with Crippen LogP contribution in [0.5, 0.6) is 5.75 Å². The first-order chi connectivity index (χ1) is 9.15. The van der Waals surface area contributed by atoms with E-state index in [1.165, 1.54) is 6.92 Å². The van der Waals surface area contributed by atoms with Crippen LogP contribution >= 0.6 is 15.9 Å². The maximum Gasteiger partial charge on any atom is 0.163 e. The van der Waals surface area contributed by atoms with Gasteiger partial charge in [-0.25, -0.2) is 0 Å². The molecule has 0 amide bonds. The van der Waals surface area contributed by atoms with Crippen molar-refractivity contribution < 1.29 is 19.0 Å². The van der Waals surface area contributed by atoms with Gasteiger partial charge in [0.1, 0.15) is 5.75 Å². The van der Waals surface area contributed by atoms with Crippen molar-refractivity contribution in [3.05, 3.63) is 28.2 Å². The van der Waals surface area contributed by atoms with Crippen LogP contribution in [0.25, 0.3) is 0 Å². The Labute approximate surface area is 122 Å². The lowest BCUT2D eigenvalue weighted by molar-refractivity contribution is 0.0643. The molecule has 0 bridgehead atoms. The second kappa shape index (κ2) is 9.07. The van der Waals surface area contributed by atoms with E-state index in [4.69, 9.17) is 14.2 Å². The zero-order valence-corrected chi connectivity index (χ0v) is 12.9. The number of hydrogen-bond donors (Lipinski definition) is 0. The zero-order valence-electron chi connectivity index (χ0n) is 11.3. The van der Waals surface area contributed by atoms with E-state index < -0.39 is 0 Å². The minimum Gasteiger partial charge on any atom is -0.493 e. The van der Waals surface area contributed by atoms with Crippen molar-refractivity contribution in [2.75, 3.05) is 33.5 Å². The third-order valence-corrected chi connectivity index (χ3v) is 2.94. The molecular formula is C14H19BrO4. The minimum absolute atomic E-state index is 0.00681. The first kappa shape index (κ1) is 16.1. The van der Waals surface area contributed by atoms with E-state index in [9.17, 15) is 4.79 Å². The summed E-state index contributed by atoms with van der Waals surface area (Å²) in [7, 11) is 1.64. The predicted octanol–water partition coefficient (Wildman–Crippen LogP) is 3.08. The van der Waals surface area contributed by atoms with Gasteiger partial charge in [-0.05, 0) is 25.1 Å². The van der Waals surface area contributed by atoms with Crippen molar-refractivity contribution in [2.24, 2.45) is 0 Å². The SMILES string of the molecule is COCCOCCCOc1ccc(Br)cc1C(C)=O. The fourth-order valence-electron chi connectivity index (χ4n) is 1.49. The molecule has 0 unspecified atom stereocenters. The molecule has 1 rings (SSSR count). The normalized spacial score (nSPS) is 10.5. The van der Waals surface area contributed by atoms with Gasteiger partial charge >= 0.3 is 0 Å². The summed E-state index contributed by atoms with van der Waals surface area (Å²) < 4.78 is 16.7. The standard InChI is InChI=1S/C14H19BrO4/c1-11(16)13-10-12(15)4-5-14(13)19-7-3-6-18-9-8-17-2/h4-5,10H,3,6-9H2,1-2H3. The van der Waals surface area contributed by atoms with Crippen LogP contribution < -0.4 is 4.74 Å². The van der Waals surface area contributed by atoms with Crippen LogP contribution in [0.4, 0.5) is 0 Å². The van der Waals surface area contributed by atoms with E-state index in [1.54, 1.807) is 19.2 Å². The van der Waals surface area contributed by atoms with Crippen molar-refractivity contribution in [1.29, 1.82) is 0 Å². The summed E-state index contributed by atoms with van der Waals surface area (Å²) in [5.41, 5.74) is 0.592. The second-order valence-electron chi connectivity index (χ2n) is 4.00. The maximum absolute atomic E-state index is 11.5. The monoisotopic (exact) mass is 330 g/mol. The molecule has 0 aliphatic heterocycles. The van der Waals surface area contributed by atoms with Crippen LogP contribution in [0, 0.1) is 0 Å². The van der Waals surface area contributed by atoms with Gasteiger partial charge < -0.3 is 14.2 Å². The van der Waals surface area contributed by atoms with E-state index in [-0.39, 0.29) is 5.78 Å². The highest BCUT2D eigenvalue weighted by Gasteiger charge is 2.08. The molecule has 0 radical (unpaired) electrons. The number of carbonyl (C=O) groups is 1. The van der Waals surface area contributed by atoms with Crippen LogP contribution in [0.2, 0.25) is 0 Å². The Kier molecular flexibility index (Phi) is 7.70. The first-order valence-corrected chi connectivity index (χ1v) is 6.94. The quantitative estimate of drug-likeness (QED) is 0.515. The van der Waals surface area contributed by atoms with Crippen LogP contribution in [0.15, 0.2) is 22.7 Å². The van der Waals surface area contributed by atoms with Gasteiger partial charge in [0, 0.05) is 24.6 Å². The van der Waals surface area contributed by atoms with Gasteiger partial charge in [-0.15, -0.1) is 0 Å². The summed E-state index contributed by atoms with van der Waals surface area (Å²) in [6, 6.07) is 5.43. The lowest BCUT2D eigenvalue weighted by Crippen LogP contribution is -2.08. The highest BCUT2D eigenvalue weighted by Crippen LogP contribution is 2.23. The Morgan fingerprint density at radius 2 is 2.00 bits per heavy atom. The first-order valence-electron chi connectivity index (χ1n) is 6.15. The molecule has 5 heteroatoms. The molecule has 106 valence electrons. The fraction of sp³-hybridized carbons (Fsp3) is 0.500. The van der Waals surface area contributed by atoms with Gasteiger partial charge in [0.25, 0.3) is 0 Å². The summed E-state index contributed by atoms with van der Waals surface area (Å²) >= 11 is 3.34. The number of ketones is 1. The molecule has 1 aromatic rings. The Balaban J connectivity index is 2.35. The average molecular weight is 331 g/mol. The molecule has 0 N–H and O–H groups in total. The number of carbonyl (C=O) groups excluding carboxylic acids is 1. The van der Waals surface area contributed by atoms with Crippen LogP contribution in [0.3, 0.4) is 0 Å². The van der Waals surface area contributed by atoms with Crippen LogP contribution in [-0.4, -0.2) is 39.3 Å². The molecule has 0 heterocycles. The van der Waals surface area contributed by atoms with Crippen LogP contribution in [-0.2, 0) is 9.47 Å². The highest BCUT2D eigenvalue weighted by molar-refractivity contribution is 9.10. The molecular weight excluding hydrogens is 312 g/mol. The minimum atomic E-state index is -0.00681. The summed E-state index contributed by atoms with van der Waals surface area (Å²) in [6.07, 6.45) is 0.775. The number of hydrogen-bond acceptors (Lipinski definition) is 4.